The second-order valence-electron chi connectivity index (χ2n) is 4.41. The van der Waals surface area contributed by atoms with Crippen LogP contribution in [0.1, 0.15) is 22.7 Å². The highest BCUT2D eigenvalue weighted by molar-refractivity contribution is 7.98. The molecule has 1 N–H and O–H groups in total. The molecule has 0 saturated heterocycles. The van der Waals surface area contributed by atoms with E-state index in [1.807, 2.05) is 0 Å². The molecule has 118 valence electrons. The third kappa shape index (κ3) is 4.92. The third-order valence-corrected chi connectivity index (χ3v) is 3.68. The SMILES string of the molecule is OCCSCc1coc(/C=C/c2ccc(C(F)(F)F)cc2)n1. The van der Waals surface area contributed by atoms with Crippen LogP contribution in [0, 0.1) is 0 Å². The van der Waals surface area contributed by atoms with E-state index in [1.165, 1.54) is 30.2 Å². The van der Waals surface area contributed by atoms with Gasteiger partial charge in [-0.05, 0) is 23.8 Å². The average Bonchev–Trinajstić information content (AvgIpc) is 2.93. The third-order valence-electron chi connectivity index (χ3n) is 2.71. The Hall–Kier alpha value is -1.73. The summed E-state index contributed by atoms with van der Waals surface area (Å²) >= 11 is 1.53. The number of halogens is 3. The molecule has 1 heterocycles. The van der Waals surface area contributed by atoms with Crippen molar-refractivity contribution in [3.05, 3.63) is 53.2 Å². The first-order chi connectivity index (χ1) is 10.5. The molecule has 0 amide bonds. The van der Waals surface area contributed by atoms with Crippen molar-refractivity contribution in [1.82, 2.24) is 4.98 Å². The highest BCUT2D eigenvalue weighted by Crippen LogP contribution is 2.29. The van der Waals surface area contributed by atoms with Gasteiger partial charge in [0.1, 0.15) is 6.26 Å². The Balaban J connectivity index is 1.97. The normalized spacial score (nSPS) is 12.2. The minimum atomic E-state index is -4.33. The van der Waals surface area contributed by atoms with Gasteiger partial charge in [0.25, 0.3) is 0 Å². The van der Waals surface area contributed by atoms with Crippen molar-refractivity contribution in [2.75, 3.05) is 12.4 Å². The van der Waals surface area contributed by atoms with Gasteiger partial charge >= 0.3 is 6.18 Å². The van der Waals surface area contributed by atoms with E-state index < -0.39 is 11.7 Å². The molecule has 0 aliphatic rings. The number of aromatic nitrogens is 1. The Morgan fingerprint density at radius 1 is 1.18 bits per heavy atom. The summed E-state index contributed by atoms with van der Waals surface area (Å²) in [6, 6.07) is 4.85. The Labute approximate surface area is 129 Å². The summed E-state index contributed by atoms with van der Waals surface area (Å²) in [4.78, 5) is 4.22. The molecule has 0 atom stereocenters. The molecular weight excluding hydrogens is 315 g/mol. The molecule has 0 radical (unpaired) electrons. The molecule has 1 aromatic heterocycles. The molecule has 0 fully saturated rings. The van der Waals surface area contributed by atoms with E-state index in [9.17, 15) is 13.2 Å². The predicted octanol–water partition coefficient (Wildman–Crippen LogP) is 4.09. The molecule has 0 unspecified atom stereocenters. The van der Waals surface area contributed by atoms with Crippen LogP contribution in [-0.2, 0) is 11.9 Å². The monoisotopic (exact) mass is 329 g/mol. The van der Waals surface area contributed by atoms with Gasteiger partial charge in [-0.3, -0.25) is 0 Å². The highest BCUT2D eigenvalue weighted by Gasteiger charge is 2.29. The summed E-state index contributed by atoms with van der Waals surface area (Å²) in [5.41, 5.74) is 0.705. The minimum absolute atomic E-state index is 0.114. The molecule has 0 spiro atoms. The lowest BCUT2D eigenvalue weighted by atomic mass is 10.1. The minimum Gasteiger partial charge on any atom is -0.445 e. The maximum atomic E-state index is 12.4. The summed E-state index contributed by atoms with van der Waals surface area (Å²) in [6.45, 7) is 0.114. The maximum absolute atomic E-state index is 12.4. The number of benzene rings is 1. The van der Waals surface area contributed by atoms with Crippen LogP contribution in [0.15, 0.2) is 34.9 Å². The quantitative estimate of drug-likeness (QED) is 0.811. The number of aliphatic hydroxyl groups excluding tert-OH is 1. The zero-order valence-electron chi connectivity index (χ0n) is 11.5. The molecule has 22 heavy (non-hydrogen) atoms. The van der Waals surface area contributed by atoms with Crippen LogP contribution in [0.2, 0.25) is 0 Å². The van der Waals surface area contributed by atoms with E-state index in [4.69, 9.17) is 9.52 Å². The average molecular weight is 329 g/mol. The van der Waals surface area contributed by atoms with Crippen LogP contribution in [0.4, 0.5) is 13.2 Å². The molecule has 0 aliphatic carbocycles. The Morgan fingerprint density at radius 3 is 2.55 bits per heavy atom. The maximum Gasteiger partial charge on any atom is 0.416 e. The molecular formula is C15H14F3NO2S. The summed E-state index contributed by atoms with van der Waals surface area (Å²) in [6.07, 6.45) is 0.433. The lowest BCUT2D eigenvalue weighted by molar-refractivity contribution is -0.137. The molecule has 0 aliphatic heterocycles. The number of aliphatic hydroxyl groups is 1. The smallest absolute Gasteiger partial charge is 0.416 e. The van der Waals surface area contributed by atoms with Crippen LogP contribution in [-0.4, -0.2) is 22.5 Å². The molecule has 3 nitrogen and oxygen atoms in total. The number of alkyl halides is 3. The molecule has 1 aromatic carbocycles. The number of hydrogen-bond donors (Lipinski definition) is 1. The van der Waals surface area contributed by atoms with E-state index in [0.717, 1.165) is 17.8 Å². The Morgan fingerprint density at radius 2 is 1.91 bits per heavy atom. The Kier molecular flexibility index (Phi) is 5.68. The molecule has 7 heteroatoms. The van der Waals surface area contributed by atoms with Gasteiger partial charge in [-0.25, -0.2) is 4.98 Å². The van der Waals surface area contributed by atoms with Gasteiger partial charge in [0.2, 0.25) is 5.89 Å². The van der Waals surface area contributed by atoms with Gasteiger partial charge in [0, 0.05) is 17.6 Å². The molecule has 0 bridgehead atoms. The molecule has 2 aromatic rings. The lowest BCUT2D eigenvalue weighted by Gasteiger charge is -2.05. The van der Waals surface area contributed by atoms with Gasteiger partial charge in [-0.2, -0.15) is 24.9 Å². The van der Waals surface area contributed by atoms with Crippen LogP contribution >= 0.6 is 11.8 Å². The predicted molar refractivity (Wildman–Crippen MR) is 80.1 cm³/mol. The molecule has 2 rings (SSSR count). The van der Waals surface area contributed by atoms with E-state index >= 15 is 0 Å². The van der Waals surface area contributed by atoms with Crippen molar-refractivity contribution in [3.8, 4) is 0 Å². The van der Waals surface area contributed by atoms with Crippen molar-refractivity contribution in [2.45, 2.75) is 11.9 Å². The summed E-state index contributed by atoms with van der Waals surface area (Å²) < 4.78 is 42.6. The first-order valence-corrected chi connectivity index (χ1v) is 7.63. The summed E-state index contributed by atoms with van der Waals surface area (Å²) in [5.74, 6) is 1.65. The molecule has 0 saturated carbocycles. The van der Waals surface area contributed by atoms with Crippen LogP contribution in [0.3, 0.4) is 0 Å². The Bertz CT molecular complexity index is 620. The van der Waals surface area contributed by atoms with Crippen molar-refractivity contribution in [3.63, 3.8) is 0 Å². The fraction of sp³-hybridized carbons (Fsp3) is 0.267. The second-order valence-corrected chi connectivity index (χ2v) is 5.51. The van der Waals surface area contributed by atoms with Gasteiger partial charge < -0.3 is 9.52 Å². The van der Waals surface area contributed by atoms with Crippen molar-refractivity contribution in [1.29, 1.82) is 0 Å². The van der Waals surface area contributed by atoms with Gasteiger partial charge in [-0.15, -0.1) is 0 Å². The zero-order valence-corrected chi connectivity index (χ0v) is 12.3. The van der Waals surface area contributed by atoms with Crippen LogP contribution < -0.4 is 0 Å². The highest BCUT2D eigenvalue weighted by atomic mass is 32.2. The summed E-state index contributed by atoms with van der Waals surface area (Å²) in [7, 11) is 0. The second kappa shape index (κ2) is 7.51. The van der Waals surface area contributed by atoms with Gasteiger partial charge in [0.05, 0.1) is 17.9 Å². The topological polar surface area (TPSA) is 46.3 Å². The zero-order chi connectivity index (χ0) is 16.0. The van der Waals surface area contributed by atoms with E-state index in [0.29, 0.717) is 23.0 Å². The van der Waals surface area contributed by atoms with E-state index in [1.54, 1.807) is 12.2 Å². The fourth-order valence-electron chi connectivity index (χ4n) is 1.66. The van der Waals surface area contributed by atoms with Crippen molar-refractivity contribution >= 4 is 23.9 Å². The van der Waals surface area contributed by atoms with Gasteiger partial charge in [0.15, 0.2) is 0 Å². The van der Waals surface area contributed by atoms with E-state index in [-0.39, 0.29) is 6.61 Å². The van der Waals surface area contributed by atoms with Crippen LogP contribution in [0.5, 0.6) is 0 Å². The first-order valence-electron chi connectivity index (χ1n) is 6.47. The number of nitrogens with zero attached hydrogens (tertiary/aromatic N) is 1. The number of thioether (sulfide) groups is 1. The number of oxazole rings is 1. The first kappa shape index (κ1) is 16.6. The van der Waals surface area contributed by atoms with Crippen molar-refractivity contribution in [2.24, 2.45) is 0 Å². The van der Waals surface area contributed by atoms with E-state index in [2.05, 4.69) is 4.98 Å². The standard InChI is InChI=1S/C15H14F3NO2S/c16-15(17,18)12-4-1-11(2-5-12)3-6-14-19-13(9-21-14)10-22-8-7-20/h1-6,9,20H,7-8,10H2/b6-3+. The summed E-state index contributed by atoms with van der Waals surface area (Å²) in [5, 5.41) is 8.68. The largest absolute Gasteiger partial charge is 0.445 e. The van der Waals surface area contributed by atoms with Crippen molar-refractivity contribution < 1.29 is 22.7 Å². The van der Waals surface area contributed by atoms with Gasteiger partial charge in [-0.1, -0.05) is 12.1 Å². The lowest BCUT2D eigenvalue weighted by Crippen LogP contribution is -2.03. The number of hydrogen-bond acceptors (Lipinski definition) is 4. The van der Waals surface area contributed by atoms with Crippen LogP contribution in [0.25, 0.3) is 12.2 Å². The number of rotatable bonds is 6. The fourth-order valence-corrected chi connectivity index (χ4v) is 2.27.